The molecule has 0 saturated heterocycles. The molecule has 1 amide bonds. The number of methoxy groups -OCH3 is 1. The zero-order valence-electron chi connectivity index (χ0n) is 20.1. The Balaban J connectivity index is 1.73. The molecule has 0 aliphatic rings. The van der Waals surface area contributed by atoms with Gasteiger partial charge in [0.1, 0.15) is 0 Å². The molecule has 1 atom stereocenters. The van der Waals surface area contributed by atoms with Crippen LogP contribution in [-0.2, 0) is 14.3 Å². The van der Waals surface area contributed by atoms with Gasteiger partial charge in [-0.2, -0.15) is 0 Å². The molecule has 0 aliphatic heterocycles. The van der Waals surface area contributed by atoms with Crippen molar-refractivity contribution in [3.8, 4) is 0 Å². The summed E-state index contributed by atoms with van der Waals surface area (Å²) in [5.41, 5.74) is 3.91. The van der Waals surface area contributed by atoms with E-state index in [0.29, 0.717) is 29.4 Å². The largest absolute Gasteiger partial charge is 0.469 e. The summed E-state index contributed by atoms with van der Waals surface area (Å²) < 4.78 is 4.87. The predicted molar refractivity (Wildman–Crippen MR) is 150 cm³/mol. The molecule has 35 heavy (non-hydrogen) atoms. The molecule has 1 aromatic heterocycles. The molecular formula is C27H29ClN2O3S2. The van der Waals surface area contributed by atoms with E-state index < -0.39 is 0 Å². The molecule has 5 nitrogen and oxygen atoms in total. The van der Waals surface area contributed by atoms with E-state index in [9.17, 15) is 9.59 Å². The Bertz CT molecular complexity index is 1200. The van der Waals surface area contributed by atoms with Crippen LogP contribution in [0.5, 0.6) is 0 Å². The van der Waals surface area contributed by atoms with Gasteiger partial charge in [0, 0.05) is 42.4 Å². The Morgan fingerprint density at radius 3 is 2.51 bits per heavy atom. The third kappa shape index (κ3) is 8.60. The highest BCUT2D eigenvalue weighted by Gasteiger charge is 2.15. The van der Waals surface area contributed by atoms with Gasteiger partial charge in [-0.15, -0.1) is 23.5 Å². The Morgan fingerprint density at radius 2 is 1.77 bits per heavy atom. The van der Waals surface area contributed by atoms with E-state index in [4.69, 9.17) is 16.3 Å². The van der Waals surface area contributed by atoms with Crippen molar-refractivity contribution >= 4 is 70.1 Å². The molecule has 3 rings (SSSR count). The van der Waals surface area contributed by atoms with E-state index in [0.717, 1.165) is 27.7 Å². The Kier molecular flexibility index (Phi) is 10.5. The highest BCUT2D eigenvalue weighted by Crippen LogP contribution is 2.40. The fourth-order valence-electron chi connectivity index (χ4n) is 3.26. The molecular weight excluding hydrogens is 500 g/mol. The van der Waals surface area contributed by atoms with Gasteiger partial charge in [-0.25, -0.2) is 4.98 Å². The van der Waals surface area contributed by atoms with Crippen molar-refractivity contribution in [2.75, 3.05) is 32.7 Å². The van der Waals surface area contributed by atoms with Crippen LogP contribution >= 0.6 is 35.1 Å². The van der Waals surface area contributed by atoms with Crippen LogP contribution in [0.1, 0.15) is 34.2 Å². The van der Waals surface area contributed by atoms with Gasteiger partial charge >= 0.3 is 5.97 Å². The minimum absolute atomic E-state index is 0.101. The lowest BCUT2D eigenvalue weighted by Gasteiger charge is -2.18. The van der Waals surface area contributed by atoms with Crippen molar-refractivity contribution in [2.24, 2.45) is 0 Å². The summed E-state index contributed by atoms with van der Waals surface area (Å²) in [5, 5.41) is 1.71. The number of carbonyl (C=O) groups is 2. The molecule has 0 aliphatic carbocycles. The smallest absolute Gasteiger partial charge is 0.306 e. The molecule has 0 radical (unpaired) electrons. The zero-order valence-corrected chi connectivity index (χ0v) is 22.5. The summed E-state index contributed by atoms with van der Waals surface area (Å²) in [5.74, 6) is 1.24. The summed E-state index contributed by atoms with van der Waals surface area (Å²) in [4.78, 5) is 29.9. The van der Waals surface area contributed by atoms with Crippen molar-refractivity contribution in [1.29, 1.82) is 0 Å². The molecule has 0 fully saturated rings. The third-order valence-corrected chi connectivity index (χ3v) is 8.27. The SMILES string of the molecule is COC(=O)CCS[C@@H](SCCC(=O)N(C)C)c1cccc(/C=C/c2ccc3ccc(Cl)cc3n2)c1. The quantitative estimate of drug-likeness (QED) is 0.207. The first-order chi connectivity index (χ1) is 16.9. The van der Waals surface area contributed by atoms with Crippen molar-refractivity contribution in [1.82, 2.24) is 9.88 Å². The van der Waals surface area contributed by atoms with Gasteiger partial charge in [-0.1, -0.05) is 48.0 Å². The van der Waals surface area contributed by atoms with E-state index >= 15 is 0 Å². The maximum absolute atomic E-state index is 12.0. The van der Waals surface area contributed by atoms with Gasteiger partial charge in [0.2, 0.25) is 5.91 Å². The minimum atomic E-state index is -0.218. The number of nitrogens with zero attached hydrogens (tertiary/aromatic N) is 2. The molecule has 3 aromatic rings. The van der Waals surface area contributed by atoms with Crippen LogP contribution in [-0.4, -0.2) is 54.5 Å². The zero-order chi connectivity index (χ0) is 25.2. The second-order valence-corrected chi connectivity index (χ2v) is 11.2. The lowest BCUT2D eigenvalue weighted by Crippen LogP contribution is -2.21. The number of amides is 1. The predicted octanol–water partition coefficient (Wildman–Crippen LogP) is 6.57. The topological polar surface area (TPSA) is 59.5 Å². The number of fused-ring (bicyclic) bond motifs is 1. The first-order valence-corrected chi connectivity index (χ1v) is 13.7. The molecule has 1 heterocycles. The monoisotopic (exact) mass is 528 g/mol. The van der Waals surface area contributed by atoms with Gasteiger partial charge in [-0.3, -0.25) is 9.59 Å². The number of carbonyl (C=O) groups excluding carboxylic acids is 2. The van der Waals surface area contributed by atoms with Crippen molar-refractivity contribution < 1.29 is 14.3 Å². The number of hydrogen-bond acceptors (Lipinski definition) is 6. The van der Waals surface area contributed by atoms with E-state index in [1.54, 1.807) is 42.5 Å². The molecule has 2 aromatic carbocycles. The number of pyridine rings is 1. The number of esters is 1. The Morgan fingerprint density at radius 1 is 1.03 bits per heavy atom. The van der Waals surface area contributed by atoms with Crippen molar-refractivity contribution in [3.05, 3.63) is 76.4 Å². The molecule has 0 bridgehead atoms. The lowest BCUT2D eigenvalue weighted by atomic mass is 10.1. The van der Waals surface area contributed by atoms with E-state index in [2.05, 4.69) is 17.1 Å². The summed E-state index contributed by atoms with van der Waals surface area (Å²) >= 11 is 9.53. The average molecular weight is 529 g/mol. The van der Waals surface area contributed by atoms with Gasteiger partial charge in [0.15, 0.2) is 0 Å². The molecule has 8 heteroatoms. The standard InChI is InChI=1S/C27H29ClN2O3S2/c1-30(2)25(31)13-15-34-27(35-16-14-26(32)33-3)21-6-4-5-19(17-21)7-11-23-12-9-20-8-10-22(28)18-24(20)29-23/h4-12,17-18,27H,13-16H2,1-3H3/b11-7+/t27-/m1/s1. The highest BCUT2D eigenvalue weighted by atomic mass is 35.5. The van der Waals surface area contributed by atoms with Gasteiger partial charge < -0.3 is 9.64 Å². The van der Waals surface area contributed by atoms with Crippen molar-refractivity contribution in [2.45, 2.75) is 17.4 Å². The van der Waals surface area contributed by atoms with Crippen LogP contribution in [0.4, 0.5) is 0 Å². The number of aromatic nitrogens is 1. The van der Waals surface area contributed by atoms with Crippen LogP contribution in [0, 0.1) is 0 Å². The fourth-order valence-corrected chi connectivity index (χ4v) is 6.07. The first kappa shape index (κ1) is 27.1. The maximum Gasteiger partial charge on any atom is 0.306 e. The second-order valence-electron chi connectivity index (χ2n) is 8.01. The first-order valence-electron chi connectivity index (χ1n) is 11.2. The normalized spacial score (nSPS) is 12.1. The summed E-state index contributed by atoms with van der Waals surface area (Å²) in [6.07, 6.45) is 4.86. The number of hydrogen-bond donors (Lipinski definition) is 0. The van der Waals surface area contributed by atoms with Crippen LogP contribution in [0.2, 0.25) is 5.02 Å². The maximum atomic E-state index is 12.0. The molecule has 184 valence electrons. The molecule has 0 N–H and O–H groups in total. The molecule has 0 saturated carbocycles. The van der Waals surface area contributed by atoms with Crippen LogP contribution in [0.25, 0.3) is 23.1 Å². The number of benzene rings is 2. The Labute approximate surface area is 220 Å². The third-order valence-electron chi connectivity index (χ3n) is 5.19. The molecule has 0 spiro atoms. The lowest BCUT2D eigenvalue weighted by molar-refractivity contribution is -0.140. The average Bonchev–Trinajstić information content (AvgIpc) is 2.86. The summed E-state index contributed by atoms with van der Waals surface area (Å²) in [7, 11) is 4.94. The van der Waals surface area contributed by atoms with E-state index in [1.807, 2.05) is 54.6 Å². The van der Waals surface area contributed by atoms with Gasteiger partial charge in [0.25, 0.3) is 0 Å². The fraction of sp³-hybridized carbons (Fsp3) is 0.296. The van der Waals surface area contributed by atoms with Gasteiger partial charge in [-0.05, 0) is 41.5 Å². The van der Waals surface area contributed by atoms with E-state index in [-0.39, 0.29) is 16.5 Å². The number of ether oxygens (including phenoxy) is 1. The second kappa shape index (κ2) is 13.6. The van der Waals surface area contributed by atoms with Crippen LogP contribution in [0.15, 0.2) is 54.6 Å². The molecule has 0 unspecified atom stereocenters. The van der Waals surface area contributed by atoms with E-state index in [1.165, 1.54) is 7.11 Å². The van der Waals surface area contributed by atoms with Gasteiger partial charge in [0.05, 0.1) is 29.3 Å². The van der Waals surface area contributed by atoms with Crippen LogP contribution < -0.4 is 0 Å². The van der Waals surface area contributed by atoms with Crippen LogP contribution in [0.3, 0.4) is 0 Å². The number of halogens is 1. The minimum Gasteiger partial charge on any atom is -0.469 e. The summed E-state index contributed by atoms with van der Waals surface area (Å²) in [6, 6.07) is 18.0. The van der Waals surface area contributed by atoms with Crippen molar-refractivity contribution in [3.63, 3.8) is 0 Å². The highest BCUT2D eigenvalue weighted by molar-refractivity contribution is 8.16. The number of thioether (sulfide) groups is 2. The summed E-state index contributed by atoms with van der Waals surface area (Å²) in [6.45, 7) is 0. The number of rotatable bonds is 11. The Hall–Kier alpha value is -2.48.